The highest BCUT2D eigenvalue weighted by Crippen LogP contribution is 2.38. The first kappa shape index (κ1) is 16.6. The van der Waals surface area contributed by atoms with Crippen LogP contribution in [0, 0.1) is 0 Å². The van der Waals surface area contributed by atoms with Crippen molar-refractivity contribution in [2.45, 2.75) is 51.3 Å². The van der Waals surface area contributed by atoms with Crippen molar-refractivity contribution < 1.29 is 4.74 Å². The maximum absolute atomic E-state index is 6.18. The van der Waals surface area contributed by atoms with E-state index in [0.717, 1.165) is 25.3 Å². The summed E-state index contributed by atoms with van der Waals surface area (Å²) >= 11 is 0. The van der Waals surface area contributed by atoms with Gasteiger partial charge in [-0.15, -0.1) is 12.4 Å². The van der Waals surface area contributed by atoms with Crippen LogP contribution >= 0.6 is 12.4 Å². The predicted molar refractivity (Wildman–Crippen MR) is 89.5 cm³/mol. The Labute approximate surface area is 134 Å². The lowest BCUT2D eigenvalue weighted by atomic mass is 10.00. The molecule has 1 aromatic rings. The number of hydrogen-bond donors (Lipinski definition) is 1. The fourth-order valence-corrected chi connectivity index (χ4v) is 3.48. The molecular weight excluding hydrogens is 284 g/mol. The Hall–Kier alpha value is -0.770. The highest BCUT2D eigenvalue weighted by atomic mass is 35.5. The van der Waals surface area contributed by atoms with Crippen LogP contribution in [0.3, 0.4) is 0 Å². The third-order valence-electron chi connectivity index (χ3n) is 4.48. The second-order valence-corrected chi connectivity index (χ2v) is 6.81. The van der Waals surface area contributed by atoms with E-state index in [9.17, 15) is 0 Å². The van der Waals surface area contributed by atoms with Crippen molar-refractivity contribution in [3.63, 3.8) is 0 Å². The maximum Gasteiger partial charge on any atom is 0.127 e. The Morgan fingerprint density at radius 2 is 2.19 bits per heavy atom. The number of fused-ring (bicyclic) bond motifs is 1. The molecule has 0 amide bonds. The van der Waals surface area contributed by atoms with Gasteiger partial charge in [0, 0.05) is 31.1 Å². The smallest absolute Gasteiger partial charge is 0.127 e. The van der Waals surface area contributed by atoms with Crippen LogP contribution in [0.5, 0.6) is 5.75 Å². The third-order valence-corrected chi connectivity index (χ3v) is 4.48. The van der Waals surface area contributed by atoms with Gasteiger partial charge in [-0.25, -0.2) is 0 Å². The minimum atomic E-state index is -0.0478. The lowest BCUT2D eigenvalue weighted by molar-refractivity contribution is 0.133. The molecule has 1 atom stereocenters. The molecule has 2 aliphatic heterocycles. The van der Waals surface area contributed by atoms with E-state index in [2.05, 4.69) is 49.3 Å². The molecule has 2 aliphatic rings. The number of benzene rings is 1. The molecular formula is C17H27ClN2O. The summed E-state index contributed by atoms with van der Waals surface area (Å²) in [6, 6.07) is 7.25. The van der Waals surface area contributed by atoms with Crippen LogP contribution in [0.4, 0.5) is 0 Å². The fraction of sp³-hybridized carbons (Fsp3) is 0.647. The molecule has 2 heterocycles. The molecule has 21 heavy (non-hydrogen) atoms. The molecule has 0 saturated carbocycles. The zero-order valence-electron chi connectivity index (χ0n) is 13.3. The Bertz CT molecular complexity index is 490. The van der Waals surface area contributed by atoms with E-state index in [1.54, 1.807) is 0 Å². The average Bonchev–Trinajstić information content (AvgIpc) is 2.74. The van der Waals surface area contributed by atoms with Crippen molar-refractivity contribution in [1.82, 2.24) is 10.2 Å². The van der Waals surface area contributed by atoms with Crippen molar-refractivity contribution in [1.29, 1.82) is 0 Å². The molecule has 1 unspecified atom stereocenters. The van der Waals surface area contributed by atoms with Gasteiger partial charge in [0.25, 0.3) is 0 Å². The summed E-state index contributed by atoms with van der Waals surface area (Å²) in [5.74, 6) is 1.14. The summed E-state index contributed by atoms with van der Waals surface area (Å²) in [5, 5.41) is 3.41. The largest absolute Gasteiger partial charge is 0.487 e. The second kappa shape index (κ2) is 6.55. The lowest BCUT2D eigenvalue weighted by Crippen LogP contribution is -2.43. The van der Waals surface area contributed by atoms with Crippen LogP contribution in [0.1, 0.15) is 37.8 Å². The van der Waals surface area contributed by atoms with E-state index in [4.69, 9.17) is 4.74 Å². The molecule has 0 aliphatic carbocycles. The zero-order chi connectivity index (χ0) is 14.2. The summed E-state index contributed by atoms with van der Waals surface area (Å²) in [4.78, 5) is 2.55. The molecule has 1 saturated heterocycles. The summed E-state index contributed by atoms with van der Waals surface area (Å²) in [6.07, 6.45) is 3.60. The SMILES string of the molecule is CNC1CCCN(Cc2cccc3c2OC(C)(C)C3)C1.Cl. The minimum Gasteiger partial charge on any atom is -0.487 e. The minimum absolute atomic E-state index is 0. The van der Waals surface area contributed by atoms with Crippen LogP contribution in [-0.4, -0.2) is 36.7 Å². The normalized spacial score (nSPS) is 24.0. The van der Waals surface area contributed by atoms with Gasteiger partial charge in [-0.1, -0.05) is 18.2 Å². The number of likely N-dealkylation sites (tertiary alicyclic amines) is 1. The van der Waals surface area contributed by atoms with Gasteiger partial charge in [0.05, 0.1) is 0 Å². The van der Waals surface area contributed by atoms with Crippen molar-refractivity contribution in [3.8, 4) is 5.75 Å². The highest BCUT2D eigenvalue weighted by molar-refractivity contribution is 5.85. The fourth-order valence-electron chi connectivity index (χ4n) is 3.48. The van der Waals surface area contributed by atoms with Gasteiger partial charge < -0.3 is 10.1 Å². The molecule has 4 heteroatoms. The van der Waals surface area contributed by atoms with E-state index in [0.29, 0.717) is 6.04 Å². The quantitative estimate of drug-likeness (QED) is 0.929. The van der Waals surface area contributed by atoms with Crippen LogP contribution in [0.2, 0.25) is 0 Å². The number of halogens is 1. The number of para-hydroxylation sites is 1. The lowest BCUT2D eigenvalue weighted by Gasteiger charge is -2.33. The van der Waals surface area contributed by atoms with Crippen LogP contribution in [-0.2, 0) is 13.0 Å². The highest BCUT2D eigenvalue weighted by Gasteiger charge is 2.32. The van der Waals surface area contributed by atoms with Crippen LogP contribution < -0.4 is 10.1 Å². The molecule has 1 aromatic carbocycles. The summed E-state index contributed by atoms with van der Waals surface area (Å²) in [5.41, 5.74) is 2.67. The Morgan fingerprint density at radius 1 is 1.38 bits per heavy atom. The number of nitrogens with one attached hydrogen (secondary N) is 1. The molecule has 3 nitrogen and oxygen atoms in total. The van der Waals surface area contributed by atoms with E-state index in [-0.39, 0.29) is 18.0 Å². The van der Waals surface area contributed by atoms with Crippen LogP contribution in [0.25, 0.3) is 0 Å². The second-order valence-electron chi connectivity index (χ2n) is 6.81. The molecule has 3 rings (SSSR count). The summed E-state index contributed by atoms with van der Waals surface area (Å²) in [7, 11) is 2.07. The van der Waals surface area contributed by atoms with Gasteiger partial charge in [0.1, 0.15) is 11.4 Å². The van der Waals surface area contributed by atoms with Gasteiger partial charge in [-0.2, -0.15) is 0 Å². The Balaban J connectivity index is 0.00000161. The first-order valence-corrected chi connectivity index (χ1v) is 7.77. The number of likely N-dealkylation sites (N-methyl/N-ethyl adjacent to an activating group) is 1. The number of ether oxygens (including phenoxy) is 1. The number of hydrogen-bond acceptors (Lipinski definition) is 3. The maximum atomic E-state index is 6.18. The molecule has 1 N–H and O–H groups in total. The van der Waals surface area contributed by atoms with Crippen molar-refractivity contribution >= 4 is 12.4 Å². The van der Waals surface area contributed by atoms with E-state index in [1.165, 1.54) is 30.5 Å². The third kappa shape index (κ3) is 3.71. The standard InChI is InChI=1S/C17H26N2O.ClH/c1-17(2)10-13-6-4-7-14(16(13)20-17)11-19-9-5-8-15(12-19)18-3;/h4,6-7,15,18H,5,8-12H2,1-3H3;1H. The summed E-state index contributed by atoms with van der Waals surface area (Å²) < 4.78 is 6.18. The molecule has 0 aromatic heterocycles. The van der Waals surface area contributed by atoms with Crippen molar-refractivity contribution in [2.75, 3.05) is 20.1 Å². The van der Waals surface area contributed by atoms with Crippen LogP contribution in [0.15, 0.2) is 18.2 Å². The van der Waals surface area contributed by atoms with Gasteiger partial charge in [-0.3, -0.25) is 4.90 Å². The molecule has 118 valence electrons. The first-order chi connectivity index (χ1) is 9.57. The van der Waals surface area contributed by atoms with Gasteiger partial charge in [-0.05, 0) is 45.8 Å². The summed E-state index contributed by atoms with van der Waals surface area (Å²) in [6.45, 7) is 7.70. The number of piperidine rings is 1. The van der Waals surface area contributed by atoms with Gasteiger partial charge >= 0.3 is 0 Å². The average molecular weight is 311 g/mol. The first-order valence-electron chi connectivity index (χ1n) is 7.77. The van der Waals surface area contributed by atoms with E-state index in [1.807, 2.05) is 0 Å². The van der Waals surface area contributed by atoms with Gasteiger partial charge in [0.2, 0.25) is 0 Å². The number of rotatable bonds is 3. The Morgan fingerprint density at radius 3 is 2.95 bits per heavy atom. The van der Waals surface area contributed by atoms with E-state index >= 15 is 0 Å². The molecule has 0 radical (unpaired) electrons. The van der Waals surface area contributed by atoms with Crippen molar-refractivity contribution in [2.24, 2.45) is 0 Å². The molecule has 0 spiro atoms. The van der Waals surface area contributed by atoms with Crippen molar-refractivity contribution in [3.05, 3.63) is 29.3 Å². The monoisotopic (exact) mass is 310 g/mol. The van der Waals surface area contributed by atoms with E-state index < -0.39 is 0 Å². The molecule has 0 bridgehead atoms. The van der Waals surface area contributed by atoms with Gasteiger partial charge in [0.15, 0.2) is 0 Å². The topological polar surface area (TPSA) is 24.5 Å². The number of nitrogens with zero attached hydrogens (tertiary/aromatic N) is 1. The Kier molecular flexibility index (Phi) is 5.18. The molecule has 1 fully saturated rings. The zero-order valence-corrected chi connectivity index (χ0v) is 14.1. The predicted octanol–water partition coefficient (Wildman–Crippen LogP) is 3.01.